The van der Waals surface area contributed by atoms with E-state index in [1.54, 1.807) is 0 Å². The molecule has 0 aliphatic rings. The molecule has 0 spiro atoms. The fraction of sp³-hybridized carbons (Fsp3) is 0.860. The highest BCUT2D eigenvalue weighted by molar-refractivity contribution is 5.70. The van der Waals surface area contributed by atoms with Gasteiger partial charge in [-0.3, -0.25) is 9.59 Å². The number of esters is 2. The van der Waals surface area contributed by atoms with Crippen LogP contribution in [0.3, 0.4) is 0 Å². The molecule has 0 aliphatic heterocycles. The van der Waals surface area contributed by atoms with E-state index in [1.807, 2.05) is 0 Å². The minimum Gasteiger partial charge on any atom is -0.462 e. The first-order chi connectivity index (χ1) is 23.6. The van der Waals surface area contributed by atoms with Crippen LogP contribution in [-0.2, 0) is 19.1 Å². The highest BCUT2D eigenvalue weighted by Gasteiger charge is 2.16. The van der Waals surface area contributed by atoms with Crippen molar-refractivity contribution in [1.82, 2.24) is 0 Å². The predicted molar refractivity (Wildman–Crippen MR) is 205 cm³/mol. The first-order valence-corrected chi connectivity index (χ1v) is 20.9. The van der Waals surface area contributed by atoms with E-state index in [4.69, 9.17) is 9.47 Å². The van der Waals surface area contributed by atoms with Gasteiger partial charge in [0.05, 0.1) is 6.61 Å². The van der Waals surface area contributed by atoms with Gasteiger partial charge in [0, 0.05) is 12.8 Å². The normalized spacial score (nSPS) is 12.3. The van der Waals surface area contributed by atoms with E-state index >= 15 is 0 Å². The fourth-order valence-corrected chi connectivity index (χ4v) is 6.01. The van der Waals surface area contributed by atoms with Crippen molar-refractivity contribution < 1.29 is 24.2 Å². The number of aliphatic hydroxyl groups is 1. The number of hydrogen-bond acceptors (Lipinski definition) is 5. The number of hydrogen-bond donors (Lipinski definition) is 1. The molecule has 0 heterocycles. The molecule has 5 heteroatoms. The van der Waals surface area contributed by atoms with Crippen molar-refractivity contribution >= 4 is 11.9 Å². The molecule has 0 rings (SSSR count). The second-order valence-corrected chi connectivity index (χ2v) is 14.1. The Balaban J connectivity index is 3.52. The molecule has 5 nitrogen and oxygen atoms in total. The second-order valence-electron chi connectivity index (χ2n) is 14.1. The Morgan fingerprint density at radius 3 is 1.15 bits per heavy atom. The zero-order valence-electron chi connectivity index (χ0n) is 32.0. The van der Waals surface area contributed by atoms with Crippen LogP contribution >= 0.6 is 0 Å². The average molecular weight is 677 g/mol. The molecule has 0 bridgehead atoms. The van der Waals surface area contributed by atoms with Gasteiger partial charge in [0.15, 0.2) is 6.10 Å². The Hall–Kier alpha value is -1.62. The summed E-state index contributed by atoms with van der Waals surface area (Å²) in [6, 6.07) is 0. The van der Waals surface area contributed by atoms with Gasteiger partial charge in [-0.2, -0.15) is 0 Å². The van der Waals surface area contributed by atoms with Crippen LogP contribution < -0.4 is 0 Å². The van der Waals surface area contributed by atoms with Crippen molar-refractivity contribution in [1.29, 1.82) is 0 Å². The Bertz CT molecular complexity index is 731. The smallest absolute Gasteiger partial charge is 0.306 e. The Morgan fingerprint density at radius 2 is 0.771 bits per heavy atom. The summed E-state index contributed by atoms with van der Waals surface area (Å²) >= 11 is 0. The summed E-state index contributed by atoms with van der Waals surface area (Å²) in [7, 11) is 0. The molecule has 0 fully saturated rings. The third kappa shape index (κ3) is 37.2. The maximum Gasteiger partial charge on any atom is 0.306 e. The number of carbonyl (C=O) groups is 2. The van der Waals surface area contributed by atoms with Gasteiger partial charge >= 0.3 is 11.9 Å². The minimum absolute atomic E-state index is 0.0680. The van der Waals surface area contributed by atoms with Crippen molar-refractivity contribution in [3.8, 4) is 0 Å². The Kier molecular flexibility index (Phi) is 38.5. The van der Waals surface area contributed by atoms with Crippen molar-refractivity contribution in [2.75, 3.05) is 13.2 Å². The van der Waals surface area contributed by atoms with Crippen LogP contribution in [0.4, 0.5) is 0 Å². The van der Waals surface area contributed by atoms with E-state index in [2.05, 4.69) is 38.2 Å². The molecule has 0 aromatic heterocycles. The van der Waals surface area contributed by atoms with Crippen LogP contribution in [0.25, 0.3) is 0 Å². The minimum atomic E-state index is -0.772. The van der Waals surface area contributed by atoms with Crippen LogP contribution in [0.15, 0.2) is 24.3 Å². The van der Waals surface area contributed by atoms with Crippen LogP contribution in [0.1, 0.15) is 219 Å². The van der Waals surface area contributed by atoms with Crippen LogP contribution in [-0.4, -0.2) is 36.4 Å². The molecule has 1 atom stereocenters. The van der Waals surface area contributed by atoms with E-state index in [0.717, 1.165) is 44.9 Å². The largest absolute Gasteiger partial charge is 0.462 e. The average Bonchev–Trinajstić information content (AvgIpc) is 3.09. The molecule has 1 unspecified atom stereocenters. The summed E-state index contributed by atoms with van der Waals surface area (Å²) in [5, 5.41) is 9.56. The first kappa shape index (κ1) is 46.4. The second kappa shape index (κ2) is 39.8. The fourth-order valence-electron chi connectivity index (χ4n) is 6.01. The van der Waals surface area contributed by atoms with Gasteiger partial charge in [-0.05, 0) is 64.2 Å². The number of aliphatic hydroxyl groups excluding tert-OH is 1. The van der Waals surface area contributed by atoms with Gasteiger partial charge < -0.3 is 14.6 Å². The molecule has 0 amide bonds. The number of allylic oxidation sites excluding steroid dienone is 4. The molecule has 0 radical (unpaired) electrons. The lowest BCUT2D eigenvalue weighted by Crippen LogP contribution is -2.28. The number of ether oxygens (including phenoxy) is 2. The molecule has 1 N–H and O–H groups in total. The molecule has 0 aromatic carbocycles. The predicted octanol–water partition coefficient (Wildman–Crippen LogP) is 13.1. The standard InChI is InChI=1S/C43H80O5/c1-3-5-7-9-11-13-15-17-18-19-20-21-22-23-24-26-28-30-32-34-36-38-43(46)48-41(39-44)40-47-42(45)37-35-33-31-29-27-25-16-14-12-10-8-6-4-2/h14,16,19-20,41,44H,3-13,15,17-18,21-40H2,1-2H3/b16-14-,20-19-. The maximum atomic E-state index is 12.2. The van der Waals surface area contributed by atoms with Crippen molar-refractivity contribution in [2.24, 2.45) is 0 Å². The lowest BCUT2D eigenvalue weighted by atomic mass is 10.1. The zero-order valence-corrected chi connectivity index (χ0v) is 32.0. The lowest BCUT2D eigenvalue weighted by Gasteiger charge is -2.15. The Labute approximate surface area is 298 Å². The highest BCUT2D eigenvalue weighted by atomic mass is 16.6. The summed E-state index contributed by atoms with van der Waals surface area (Å²) in [5.41, 5.74) is 0. The van der Waals surface area contributed by atoms with E-state index in [1.165, 1.54) is 148 Å². The van der Waals surface area contributed by atoms with Gasteiger partial charge in [0.1, 0.15) is 6.61 Å². The van der Waals surface area contributed by atoms with Gasteiger partial charge in [-0.1, -0.05) is 167 Å². The molecule has 48 heavy (non-hydrogen) atoms. The number of unbranched alkanes of at least 4 members (excludes halogenated alkanes) is 26. The van der Waals surface area contributed by atoms with Crippen LogP contribution in [0.5, 0.6) is 0 Å². The number of rotatable bonds is 38. The van der Waals surface area contributed by atoms with Crippen molar-refractivity contribution in [3.05, 3.63) is 24.3 Å². The molecule has 282 valence electrons. The molecular weight excluding hydrogens is 596 g/mol. The van der Waals surface area contributed by atoms with E-state index in [0.29, 0.717) is 12.8 Å². The lowest BCUT2D eigenvalue weighted by molar-refractivity contribution is -0.161. The highest BCUT2D eigenvalue weighted by Crippen LogP contribution is 2.14. The van der Waals surface area contributed by atoms with Gasteiger partial charge in [0.25, 0.3) is 0 Å². The molecule has 0 aliphatic carbocycles. The van der Waals surface area contributed by atoms with Gasteiger partial charge in [-0.25, -0.2) is 0 Å². The van der Waals surface area contributed by atoms with Gasteiger partial charge in [-0.15, -0.1) is 0 Å². The summed E-state index contributed by atoms with van der Waals surface area (Å²) < 4.78 is 10.6. The monoisotopic (exact) mass is 677 g/mol. The molecule has 0 saturated carbocycles. The quantitative estimate of drug-likeness (QED) is 0.0400. The summed E-state index contributed by atoms with van der Waals surface area (Å²) in [6.07, 6.45) is 46.7. The number of carbonyl (C=O) groups excluding carboxylic acids is 2. The van der Waals surface area contributed by atoms with E-state index < -0.39 is 6.10 Å². The first-order valence-electron chi connectivity index (χ1n) is 20.9. The molecule has 0 aromatic rings. The zero-order chi connectivity index (χ0) is 35.0. The Morgan fingerprint density at radius 1 is 0.458 bits per heavy atom. The third-order valence-electron chi connectivity index (χ3n) is 9.22. The van der Waals surface area contributed by atoms with E-state index in [9.17, 15) is 14.7 Å². The van der Waals surface area contributed by atoms with Crippen LogP contribution in [0, 0.1) is 0 Å². The molecule has 0 saturated heterocycles. The van der Waals surface area contributed by atoms with Crippen molar-refractivity contribution in [2.45, 2.75) is 225 Å². The van der Waals surface area contributed by atoms with Crippen molar-refractivity contribution in [3.63, 3.8) is 0 Å². The van der Waals surface area contributed by atoms with Crippen LogP contribution in [0.2, 0.25) is 0 Å². The third-order valence-corrected chi connectivity index (χ3v) is 9.22. The summed E-state index contributed by atoms with van der Waals surface area (Å²) in [4.78, 5) is 24.3. The SMILES string of the molecule is CCCCCC/C=C\CCCCCCCC(=O)OCC(CO)OC(=O)CCCCCCCCCCC/C=C\CCCCCCCCCC. The molecular formula is C43H80O5. The van der Waals surface area contributed by atoms with Gasteiger partial charge in [0.2, 0.25) is 0 Å². The maximum absolute atomic E-state index is 12.2. The summed E-state index contributed by atoms with van der Waals surface area (Å²) in [5.74, 6) is -0.597. The topological polar surface area (TPSA) is 72.8 Å². The van der Waals surface area contributed by atoms with E-state index in [-0.39, 0.29) is 25.2 Å². The summed E-state index contributed by atoms with van der Waals surface area (Å²) in [6.45, 7) is 4.12.